The first-order chi connectivity index (χ1) is 6.24. The number of H-pyrrole nitrogens is 1. The molecule has 0 saturated carbocycles. The number of ether oxygens (including phenoxy) is 3. The predicted octanol–water partition coefficient (Wildman–Crippen LogP) is 0.201. The highest BCUT2D eigenvalue weighted by molar-refractivity contribution is 5.47. The summed E-state index contributed by atoms with van der Waals surface area (Å²) in [5, 5.41) is 0. The van der Waals surface area contributed by atoms with Crippen LogP contribution in [-0.4, -0.2) is 26.3 Å². The van der Waals surface area contributed by atoms with Crippen molar-refractivity contribution in [2.45, 2.75) is 0 Å². The molecule has 5 heteroatoms. The van der Waals surface area contributed by atoms with E-state index in [0.29, 0.717) is 5.75 Å². The third-order valence-corrected chi connectivity index (χ3v) is 1.52. The van der Waals surface area contributed by atoms with E-state index in [1.54, 1.807) is 0 Å². The monoisotopic (exact) mass is 184 g/mol. The summed E-state index contributed by atoms with van der Waals surface area (Å²) in [5.74, 6) is 0.630. The van der Waals surface area contributed by atoms with Crippen LogP contribution in [0.4, 0.5) is 0 Å². The molecule has 13 heavy (non-hydrogen) atoms. The molecule has 0 aliphatic heterocycles. The molecular weight excluding hydrogens is 174 g/mol. The molecule has 0 bridgehead atoms. The van der Waals surface area contributed by atoms with Gasteiger partial charge in [0.25, 0.3) is 5.56 Å². The molecule has 1 rings (SSSR count). The molecule has 1 aromatic heterocycles. The molecule has 0 aliphatic rings. The van der Waals surface area contributed by atoms with Crippen LogP contribution in [0.3, 0.4) is 0 Å². The molecule has 5 nitrogen and oxygen atoms in total. The van der Waals surface area contributed by atoms with Crippen molar-refractivity contribution in [1.82, 2.24) is 4.98 Å². The zero-order valence-corrected chi connectivity index (χ0v) is 7.63. The highest BCUT2D eigenvalue weighted by atomic mass is 16.5. The Morgan fingerprint density at radius 1 is 1.08 bits per heavy atom. The molecule has 1 radical (unpaired) electrons. The van der Waals surface area contributed by atoms with Gasteiger partial charge in [-0.1, -0.05) is 0 Å². The van der Waals surface area contributed by atoms with Crippen LogP contribution in [0.15, 0.2) is 4.79 Å². The summed E-state index contributed by atoms with van der Waals surface area (Å²) in [4.78, 5) is 13.5. The van der Waals surface area contributed by atoms with Gasteiger partial charge in [0.05, 0.1) is 21.3 Å². The van der Waals surface area contributed by atoms with Gasteiger partial charge in [-0.25, -0.2) is 0 Å². The molecule has 0 spiro atoms. The highest BCUT2D eigenvalue weighted by Crippen LogP contribution is 2.31. The van der Waals surface area contributed by atoms with E-state index in [0.717, 1.165) is 0 Å². The Hall–Kier alpha value is -1.65. The smallest absolute Gasteiger partial charge is 0.295 e. The summed E-state index contributed by atoms with van der Waals surface area (Å²) < 4.78 is 14.7. The molecule has 0 amide bonds. The first-order valence-corrected chi connectivity index (χ1v) is 3.54. The van der Waals surface area contributed by atoms with Gasteiger partial charge < -0.3 is 19.2 Å². The van der Waals surface area contributed by atoms with Crippen LogP contribution in [-0.2, 0) is 0 Å². The maximum atomic E-state index is 11.2. The van der Waals surface area contributed by atoms with E-state index >= 15 is 0 Å². The average Bonchev–Trinajstić information content (AvgIpc) is 2.17. The van der Waals surface area contributed by atoms with E-state index in [2.05, 4.69) is 11.2 Å². The van der Waals surface area contributed by atoms with Crippen molar-refractivity contribution in [2.75, 3.05) is 21.3 Å². The minimum absolute atomic E-state index is 0.0816. The van der Waals surface area contributed by atoms with E-state index in [9.17, 15) is 4.79 Å². The maximum Gasteiger partial charge on any atom is 0.295 e. The zero-order chi connectivity index (χ0) is 9.84. The Balaban J connectivity index is 3.36. The molecule has 0 aromatic carbocycles. The normalized spacial score (nSPS) is 9.46. The van der Waals surface area contributed by atoms with Crippen LogP contribution in [0.1, 0.15) is 0 Å². The Labute approximate surface area is 75.2 Å². The van der Waals surface area contributed by atoms with E-state index in [1.807, 2.05) is 0 Å². The van der Waals surface area contributed by atoms with Crippen LogP contribution in [0.5, 0.6) is 17.2 Å². The Morgan fingerprint density at radius 3 is 2.15 bits per heavy atom. The van der Waals surface area contributed by atoms with Gasteiger partial charge in [-0.2, -0.15) is 0 Å². The molecule has 1 N–H and O–H groups in total. The summed E-state index contributed by atoms with van der Waals surface area (Å²) in [6.45, 7) is 0. The van der Waals surface area contributed by atoms with Gasteiger partial charge in [-0.15, -0.1) is 0 Å². The molecule has 0 atom stereocenters. The maximum absolute atomic E-state index is 11.2. The van der Waals surface area contributed by atoms with Crippen molar-refractivity contribution in [2.24, 2.45) is 0 Å². The first kappa shape index (κ1) is 9.44. The van der Waals surface area contributed by atoms with Gasteiger partial charge >= 0.3 is 0 Å². The second-order valence-corrected chi connectivity index (χ2v) is 2.18. The molecular formula is C8H10NO4. The fraction of sp³-hybridized carbons (Fsp3) is 0.375. The molecule has 0 aliphatic carbocycles. The van der Waals surface area contributed by atoms with Gasteiger partial charge in [0.2, 0.25) is 11.5 Å². The van der Waals surface area contributed by atoms with E-state index in [-0.39, 0.29) is 11.5 Å². The lowest BCUT2D eigenvalue weighted by atomic mass is 10.4. The molecule has 0 saturated heterocycles. The second kappa shape index (κ2) is 3.84. The lowest BCUT2D eigenvalue weighted by Gasteiger charge is -2.09. The molecule has 0 fully saturated rings. The molecule has 0 unspecified atom stereocenters. The van der Waals surface area contributed by atoms with E-state index in [1.165, 1.54) is 21.3 Å². The van der Waals surface area contributed by atoms with Crippen molar-refractivity contribution in [3.8, 4) is 17.2 Å². The topological polar surface area (TPSA) is 60.6 Å². The van der Waals surface area contributed by atoms with Crippen LogP contribution in [0.25, 0.3) is 0 Å². The zero-order valence-electron chi connectivity index (χ0n) is 7.63. The number of aromatic amines is 1. The summed E-state index contributed by atoms with van der Waals surface area (Å²) in [5.41, 5.74) is -0.403. The largest absolute Gasteiger partial charge is 0.491 e. The fourth-order valence-corrected chi connectivity index (χ4v) is 0.948. The summed E-state index contributed by atoms with van der Waals surface area (Å²) >= 11 is 0. The third kappa shape index (κ3) is 1.58. The standard InChI is InChI=1S/C8H10NO4/c1-11-5-4-9-8(10)7(13-3)6(5)12-2/h1-3H3,(H,9,10). The minimum Gasteiger partial charge on any atom is -0.491 e. The van der Waals surface area contributed by atoms with Gasteiger partial charge in [-0.3, -0.25) is 4.79 Å². The van der Waals surface area contributed by atoms with Gasteiger partial charge in [0.1, 0.15) is 6.20 Å². The summed E-state index contributed by atoms with van der Waals surface area (Å²) in [6, 6.07) is 0. The van der Waals surface area contributed by atoms with Crippen LogP contribution in [0.2, 0.25) is 0 Å². The third-order valence-electron chi connectivity index (χ3n) is 1.52. The van der Waals surface area contributed by atoms with Crippen molar-refractivity contribution in [3.63, 3.8) is 0 Å². The predicted molar refractivity (Wildman–Crippen MR) is 45.6 cm³/mol. The molecule has 71 valence electrons. The van der Waals surface area contributed by atoms with Gasteiger partial charge in [-0.05, 0) is 0 Å². The number of hydrogen-bond acceptors (Lipinski definition) is 4. The number of hydrogen-bond donors (Lipinski definition) is 1. The van der Waals surface area contributed by atoms with Crippen LogP contribution < -0.4 is 19.8 Å². The Bertz CT molecular complexity index is 344. The SMILES string of the molecule is COc1[c][nH]c(=O)c(OC)c1OC. The van der Waals surface area contributed by atoms with Crippen LogP contribution >= 0.6 is 0 Å². The highest BCUT2D eigenvalue weighted by Gasteiger charge is 2.14. The van der Waals surface area contributed by atoms with Crippen molar-refractivity contribution >= 4 is 0 Å². The average molecular weight is 184 g/mol. The number of nitrogens with one attached hydrogen (secondary N) is 1. The number of rotatable bonds is 3. The van der Waals surface area contributed by atoms with Crippen molar-refractivity contribution < 1.29 is 14.2 Å². The summed E-state index contributed by atoms with van der Waals surface area (Å²) in [6.07, 6.45) is 2.52. The number of pyridine rings is 1. The van der Waals surface area contributed by atoms with Crippen molar-refractivity contribution in [1.29, 1.82) is 0 Å². The van der Waals surface area contributed by atoms with Crippen LogP contribution in [0, 0.1) is 6.20 Å². The van der Waals surface area contributed by atoms with Gasteiger partial charge in [0, 0.05) is 0 Å². The number of methoxy groups -OCH3 is 3. The Morgan fingerprint density at radius 2 is 1.69 bits per heavy atom. The quantitative estimate of drug-likeness (QED) is 0.729. The molecule has 1 heterocycles. The lowest BCUT2D eigenvalue weighted by molar-refractivity contribution is 0.319. The first-order valence-electron chi connectivity index (χ1n) is 3.54. The lowest BCUT2D eigenvalue weighted by Crippen LogP contribution is -2.11. The summed E-state index contributed by atoms with van der Waals surface area (Å²) in [7, 11) is 4.26. The van der Waals surface area contributed by atoms with Crippen molar-refractivity contribution in [3.05, 3.63) is 16.6 Å². The van der Waals surface area contributed by atoms with E-state index < -0.39 is 5.56 Å². The van der Waals surface area contributed by atoms with E-state index in [4.69, 9.17) is 14.2 Å². The minimum atomic E-state index is -0.403. The second-order valence-electron chi connectivity index (χ2n) is 2.18. The number of aromatic nitrogens is 1. The molecule has 1 aromatic rings. The van der Waals surface area contributed by atoms with Gasteiger partial charge in [0.15, 0.2) is 5.75 Å². The Kier molecular flexibility index (Phi) is 2.79. The fourth-order valence-electron chi connectivity index (χ4n) is 0.948.